The lowest BCUT2D eigenvalue weighted by molar-refractivity contribution is 0.346. The summed E-state index contributed by atoms with van der Waals surface area (Å²) in [5, 5.41) is 0.182. The third kappa shape index (κ3) is 3.31. The number of nitrogens with zero attached hydrogens (tertiary/aromatic N) is 2. The Hall–Kier alpha value is -2.66. The van der Waals surface area contributed by atoms with E-state index in [2.05, 4.69) is 4.98 Å². The largest absolute Gasteiger partial charge is 0.256 e. The summed E-state index contributed by atoms with van der Waals surface area (Å²) < 4.78 is 109. The Morgan fingerprint density at radius 1 is 0.900 bits per heavy atom. The predicted octanol–water partition coefficient (Wildman–Crippen LogP) is 4.42. The predicted molar refractivity (Wildman–Crippen MR) is 93.7 cm³/mol. The van der Waals surface area contributed by atoms with E-state index < -0.39 is 62.4 Å². The van der Waals surface area contributed by atoms with E-state index >= 15 is 0 Å². The molecule has 1 aromatic heterocycles. The van der Waals surface area contributed by atoms with Gasteiger partial charge in [-0.3, -0.25) is 4.98 Å². The third-order valence-corrected chi connectivity index (χ3v) is 6.70. The summed E-state index contributed by atoms with van der Waals surface area (Å²) >= 11 is 0. The smallest absolute Gasteiger partial charge is 0.249 e. The fourth-order valence-electron chi connectivity index (χ4n) is 3.14. The van der Waals surface area contributed by atoms with Gasteiger partial charge in [0.15, 0.2) is 28.2 Å². The maximum absolute atomic E-state index is 14.2. The third-order valence-electron chi connectivity index (χ3n) is 4.78. The van der Waals surface area contributed by atoms with Gasteiger partial charge in [-0.1, -0.05) is 6.07 Å². The Bertz CT molecular complexity index is 1250. The van der Waals surface area contributed by atoms with Gasteiger partial charge in [0.05, 0.1) is 5.52 Å². The number of hydrogen-bond acceptors (Lipinski definition) is 3. The second kappa shape index (κ2) is 7.24. The highest BCUT2D eigenvalue weighted by Crippen LogP contribution is 2.37. The zero-order valence-corrected chi connectivity index (χ0v) is 15.8. The molecule has 0 bridgehead atoms. The van der Waals surface area contributed by atoms with Crippen LogP contribution in [0.25, 0.3) is 10.9 Å². The summed E-state index contributed by atoms with van der Waals surface area (Å²) in [5.41, 5.74) is 0.525. The van der Waals surface area contributed by atoms with Gasteiger partial charge >= 0.3 is 0 Å². The van der Waals surface area contributed by atoms with Gasteiger partial charge in [-0.15, -0.1) is 0 Å². The summed E-state index contributed by atoms with van der Waals surface area (Å²) in [6.45, 7) is -0.416. The van der Waals surface area contributed by atoms with Crippen LogP contribution in [0.1, 0.15) is 18.4 Å². The van der Waals surface area contributed by atoms with Crippen LogP contribution in [0, 0.1) is 34.9 Å². The van der Waals surface area contributed by atoms with Crippen molar-refractivity contribution in [2.45, 2.75) is 30.3 Å². The first-order valence-corrected chi connectivity index (χ1v) is 10.1. The van der Waals surface area contributed by atoms with Crippen LogP contribution in [0.3, 0.4) is 0 Å². The number of sulfonamides is 1. The average molecular weight is 446 g/mol. The number of rotatable bonds is 5. The van der Waals surface area contributed by atoms with Gasteiger partial charge in [-0.25, -0.2) is 34.8 Å². The Morgan fingerprint density at radius 2 is 1.50 bits per heavy atom. The summed E-state index contributed by atoms with van der Waals surface area (Å²) in [4.78, 5) is 2.09. The van der Waals surface area contributed by atoms with Gasteiger partial charge in [0.25, 0.3) is 0 Å². The van der Waals surface area contributed by atoms with E-state index in [1.165, 1.54) is 24.4 Å². The van der Waals surface area contributed by atoms with Crippen LogP contribution in [0.5, 0.6) is 0 Å². The second-order valence-electron chi connectivity index (χ2n) is 6.82. The van der Waals surface area contributed by atoms with E-state index in [0.29, 0.717) is 22.7 Å². The van der Waals surface area contributed by atoms with Crippen molar-refractivity contribution in [3.8, 4) is 0 Å². The van der Waals surface area contributed by atoms with Crippen LogP contribution >= 0.6 is 0 Å². The topological polar surface area (TPSA) is 50.3 Å². The standard InChI is InChI=1S/C19H12F6N2O2S/c20-12-5-6-26-13-7-9(1-4-11(12)13)8-27(10-2-3-10)30(28,29)19-17(24)15(22)14(21)16(23)18(19)25/h1,4-7,10H,2-3,8H2. The van der Waals surface area contributed by atoms with Crippen molar-refractivity contribution >= 4 is 20.9 Å². The minimum absolute atomic E-state index is 0.182. The molecule has 1 heterocycles. The fraction of sp³-hybridized carbons (Fsp3) is 0.211. The summed E-state index contributed by atoms with van der Waals surface area (Å²) in [5.74, 6) is -12.5. The van der Waals surface area contributed by atoms with Crippen molar-refractivity contribution in [1.29, 1.82) is 0 Å². The summed E-state index contributed by atoms with van der Waals surface area (Å²) in [6, 6.07) is 4.63. The van der Waals surface area contributed by atoms with Crippen molar-refractivity contribution < 1.29 is 34.8 Å². The van der Waals surface area contributed by atoms with Crippen LogP contribution in [0.4, 0.5) is 26.3 Å². The van der Waals surface area contributed by atoms with Gasteiger partial charge in [-0.05, 0) is 36.6 Å². The second-order valence-corrected chi connectivity index (χ2v) is 8.65. The number of fused-ring (bicyclic) bond motifs is 1. The highest BCUT2D eigenvalue weighted by atomic mass is 32.2. The van der Waals surface area contributed by atoms with Gasteiger partial charge in [0.1, 0.15) is 5.82 Å². The van der Waals surface area contributed by atoms with E-state index in [1.54, 1.807) is 0 Å². The van der Waals surface area contributed by atoms with E-state index in [-0.39, 0.29) is 10.9 Å². The molecule has 158 valence electrons. The van der Waals surface area contributed by atoms with Crippen molar-refractivity contribution in [2.75, 3.05) is 0 Å². The SMILES string of the molecule is O=S(=O)(c1c(F)c(F)c(F)c(F)c1F)N(Cc1ccc2c(F)ccnc2c1)C1CC1. The molecule has 0 amide bonds. The molecule has 2 aromatic carbocycles. The molecule has 0 aliphatic heterocycles. The lowest BCUT2D eigenvalue weighted by atomic mass is 10.1. The van der Waals surface area contributed by atoms with Crippen molar-refractivity contribution in [2.24, 2.45) is 0 Å². The normalized spacial score (nSPS) is 14.6. The zero-order valence-electron chi connectivity index (χ0n) is 15.0. The maximum Gasteiger partial charge on any atom is 0.249 e. The fourth-order valence-corrected chi connectivity index (χ4v) is 4.93. The minimum atomic E-state index is -5.08. The first kappa shape index (κ1) is 20.6. The molecule has 0 spiro atoms. The minimum Gasteiger partial charge on any atom is -0.256 e. The highest BCUT2D eigenvalue weighted by Gasteiger charge is 2.43. The number of halogens is 6. The monoisotopic (exact) mass is 446 g/mol. The molecule has 0 N–H and O–H groups in total. The van der Waals surface area contributed by atoms with Crippen molar-refractivity contribution in [3.05, 3.63) is 70.9 Å². The van der Waals surface area contributed by atoms with E-state index in [0.717, 1.165) is 6.07 Å². The number of aromatic nitrogens is 1. The molecule has 0 atom stereocenters. The molecule has 0 unspecified atom stereocenters. The zero-order chi connectivity index (χ0) is 21.8. The molecule has 0 radical (unpaired) electrons. The van der Waals surface area contributed by atoms with E-state index in [4.69, 9.17) is 0 Å². The molecular weight excluding hydrogens is 434 g/mol. The van der Waals surface area contributed by atoms with Gasteiger partial charge in [0.2, 0.25) is 15.8 Å². The molecule has 1 aliphatic carbocycles. The Labute approximate surface area is 166 Å². The molecule has 3 aromatic rings. The van der Waals surface area contributed by atoms with Crippen molar-refractivity contribution in [3.63, 3.8) is 0 Å². The molecule has 30 heavy (non-hydrogen) atoms. The molecule has 4 rings (SSSR count). The van der Waals surface area contributed by atoms with Gasteiger partial charge < -0.3 is 0 Å². The molecular formula is C19H12F6N2O2S. The van der Waals surface area contributed by atoms with Crippen LogP contribution < -0.4 is 0 Å². The van der Waals surface area contributed by atoms with Crippen LogP contribution in [0.15, 0.2) is 35.4 Å². The Balaban J connectivity index is 1.79. The molecule has 11 heteroatoms. The maximum atomic E-state index is 14.2. The molecule has 4 nitrogen and oxygen atoms in total. The lowest BCUT2D eigenvalue weighted by Crippen LogP contribution is -2.34. The van der Waals surface area contributed by atoms with Crippen LogP contribution in [0.2, 0.25) is 0 Å². The lowest BCUT2D eigenvalue weighted by Gasteiger charge is -2.23. The van der Waals surface area contributed by atoms with Gasteiger partial charge in [-0.2, -0.15) is 4.31 Å². The number of benzene rings is 2. The first-order valence-electron chi connectivity index (χ1n) is 8.69. The first-order chi connectivity index (χ1) is 14.1. The van der Waals surface area contributed by atoms with Crippen molar-refractivity contribution in [1.82, 2.24) is 9.29 Å². The van der Waals surface area contributed by atoms with Gasteiger partial charge in [0, 0.05) is 24.2 Å². The summed E-state index contributed by atoms with van der Waals surface area (Å²) in [7, 11) is -5.08. The summed E-state index contributed by atoms with van der Waals surface area (Å²) in [6.07, 6.45) is 1.93. The van der Waals surface area contributed by atoms with E-state index in [9.17, 15) is 34.8 Å². The molecule has 0 saturated heterocycles. The van der Waals surface area contributed by atoms with Crippen LogP contribution in [-0.4, -0.2) is 23.7 Å². The number of pyridine rings is 1. The Morgan fingerprint density at radius 3 is 2.10 bits per heavy atom. The Kier molecular flexibility index (Phi) is 4.97. The number of hydrogen-bond donors (Lipinski definition) is 0. The van der Waals surface area contributed by atoms with Crippen LogP contribution in [-0.2, 0) is 16.6 Å². The molecule has 1 aliphatic rings. The quantitative estimate of drug-likeness (QED) is 0.331. The molecule has 1 saturated carbocycles. The van der Waals surface area contributed by atoms with E-state index in [1.807, 2.05) is 0 Å². The average Bonchev–Trinajstić information content (AvgIpc) is 3.54. The highest BCUT2D eigenvalue weighted by molar-refractivity contribution is 7.89. The molecule has 1 fully saturated rings.